The van der Waals surface area contributed by atoms with E-state index in [9.17, 15) is 24.3 Å². The normalized spacial score (nSPS) is 18.7. The van der Waals surface area contributed by atoms with Gasteiger partial charge in [0.05, 0.1) is 17.7 Å². The fourth-order valence-corrected chi connectivity index (χ4v) is 6.20. The average molecular weight is 587 g/mol. The number of likely N-dealkylation sites (tertiary alicyclic amines) is 1. The zero-order chi connectivity index (χ0) is 29.6. The summed E-state index contributed by atoms with van der Waals surface area (Å²) in [4.78, 5) is 54.3. The zero-order valence-electron chi connectivity index (χ0n) is 22.4. The maximum Gasteiger partial charge on any atom is 0.412 e. The number of piperidine rings is 1. The number of aromatic hydroxyl groups is 1. The van der Waals surface area contributed by atoms with E-state index in [1.807, 2.05) is 30.3 Å². The Labute approximate surface area is 245 Å². The second-order valence-corrected chi connectivity index (χ2v) is 11.0. The van der Waals surface area contributed by atoms with Crippen LogP contribution >= 0.6 is 11.6 Å². The van der Waals surface area contributed by atoms with E-state index in [0.29, 0.717) is 35.7 Å². The van der Waals surface area contributed by atoms with E-state index in [-0.39, 0.29) is 41.1 Å². The molecule has 1 aromatic heterocycles. The van der Waals surface area contributed by atoms with Crippen LogP contribution in [0, 0.1) is 0 Å². The van der Waals surface area contributed by atoms with Gasteiger partial charge in [-0.25, -0.2) is 4.79 Å². The smallest absolute Gasteiger partial charge is 0.412 e. The third-order valence-corrected chi connectivity index (χ3v) is 8.18. The lowest BCUT2D eigenvalue weighted by molar-refractivity contribution is -0.142. The SMILES string of the molecule is NC(=O)c1ccc2c(O)cc(=O)n([C@@H](Cc3ccccc3)C(=O)N3CCC[C@@]4(C3)OC(=O)Nc3ccc(Cl)cc34)c2c1. The standard InChI is InChI=1S/C31H27ClN4O6/c32-20-8-10-23-22(15-20)31(42-30(41)34-23)11-4-12-35(17-31)29(40)25(13-18-5-2-1-3-6-18)36-24-14-19(28(33)39)7-9-21(24)26(37)16-27(36)38/h1-3,5-10,14-16,25,37H,4,11-13,17H2,(H2,33,39)(H,34,41)/t25-,31-/m0/s1. The highest BCUT2D eigenvalue weighted by Crippen LogP contribution is 2.44. The van der Waals surface area contributed by atoms with Crippen LogP contribution in [0.15, 0.2) is 77.6 Å². The number of hydrogen-bond acceptors (Lipinski definition) is 6. The number of amides is 3. The first-order valence-electron chi connectivity index (χ1n) is 13.5. The first-order valence-corrected chi connectivity index (χ1v) is 13.8. The van der Waals surface area contributed by atoms with Gasteiger partial charge in [-0.1, -0.05) is 41.9 Å². The van der Waals surface area contributed by atoms with Gasteiger partial charge >= 0.3 is 6.09 Å². The molecule has 3 aromatic carbocycles. The highest BCUT2D eigenvalue weighted by atomic mass is 35.5. The minimum atomic E-state index is -1.13. The number of rotatable bonds is 5. The summed E-state index contributed by atoms with van der Waals surface area (Å²) in [6, 6.07) is 18.7. The van der Waals surface area contributed by atoms with Gasteiger partial charge in [-0.2, -0.15) is 0 Å². The van der Waals surface area contributed by atoms with Gasteiger partial charge in [-0.15, -0.1) is 0 Å². The number of benzene rings is 3. The third-order valence-electron chi connectivity index (χ3n) is 7.95. The van der Waals surface area contributed by atoms with Gasteiger partial charge < -0.3 is 20.5 Å². The summed E-state index contributed by atoms with van der Waals surface area (Å²) in [7, 11) is 0. The number of nitrogens with zero attached hydrogens (tertiary/aromatic N) is 2. The highest BCUT2D eigenvalue weighted by molar-refractivity contribution is 6.30. The number of anilines is 1. The third kappa shape index (κ3) is 4.83. The first-order chi connectivity index (χ1) is 20.1. The molecule has 214 valence electrons. The number of nitrogens with one attached hydrogen (secondary N) is 1. The van der Waals surface area contributed by atoms with Crippen LogP contribution in [0.1, 0.15) is 40.4 Å². The fourth-order valence-electron chi connectivity index (χ4n) is 6.03. The Balaban J connectivity index is 1.47. The second-order valence-electron chi connectivity index (χ2n) is 10.6. The number of halogens is 1. The maximum atomic E-state index is 14.5. The number of aromatic nitrogens is 1. The minimum Gasteiger partial charge on any atom is -0.507 e. The van der Waals surface area contributed by atoms with Crippen molar-refractivity contribution in [3.63, 3.8) is 0 Å². The van der Waals surface area contributed by atoms with E-state index in [2.05, 4.69) is 5.32 Å². The second kappa shape index (κ2) is 10.5. The number of carbonyl (C=O) groups excluding carboxylic acids is 3. The highest BCUT2D eigenvalue weighted by Gasteiger charge is 2.47. The molecule has 3 amide bonds. The van der Waals surface area contributed by atoms with E-state index >= 15 is 0 Å². The molecule has 1 fully saturated rings. The van der Waals surface area contributed by atoms with Crippen LogP contribution < -0.4 is 16.6 Å². The van der Waals surface area contributed by atoms with Crippen molar-refractivity contribution in [1.82, 2.24) is 9.47 Å². The van der Waals surface area contributed by atoms with Gasteiger partial charge in [0.1, 0.15) is 11.8 Å². The van der Waals surface area contributed by atoms with Crippen LogP contribution in [-0.4, -0.2) is 45.6 Å². The number of hydrogen-bond donors (Lipinski definition) is 3. The van der Waals surface area contributed by atoms with E-state index in [1.165, 1.54) is 22.8 Å². The molecule has 1 saturated heterocycles. The van der Waals surface area contributed by atoms with E-state index < -0.39 is 29.2 Å². The van der Waals surface area contributed by atoms with Gasteiger partial charge in [0.15, 0.2) is 5.60 Å². The summed E-state index contributed by atoms with van der Waals surface area (Å²) < 4.78 is 7.18. The summed E-state index contributed by atoms with van der Waals surface area (Å²) in [5.41, 5.74) is 6.13. The van der Waals surface area contributed by atoms with Crippen LogP contribution in [0.25, 0.3) is 10.9 Å². The van der Waals surface area contributed by atoms with Crippen molar-refractivity contribution >= 4 is 46.1 Å². The molecule has 2 atom stereocenters. The van der Waals surface area contributed by atoms with Crippen molar-refractivity contribution in [2.75, 3.05) is 18.4 Å². The molecule has 2 aliphatic heterocycles. The van der Waals surface area contributed by atoms with Gasteiger partial charge in [0.2, 0.25) is 11.8 Å². The molecule has 42 heavy (non-hydrogen) atoms. The molecule has 1 spiro atoms. The van der Waals surface area contributed by atoms with Gasteiger partial charge in [-0.3, -0.25) is 24.3 Å². The number of fused-ring (bicyclic) bond motifs is 3. The van der Waals surface area contributed by atoms with E-state index in [0.717, 1.165) is 11.6 Å². The number of primary amides is 1. The van der Waals surface area contributed by atoms with Crippen molar-refractivity contribution in [2.24, 2.45) is 5.73 Å². The van der Waals surface area contributed by atoms with E-state index in [1.54, 1.807) is 23.1 Å². The summed E-state index contributed by atoms with van der Waals surface area (Å²) in [5.74, 6) is -1.37. The van der Waals surface area contributed by atoms with Crippen LogP contribution in [0.4, 0.5) is 10.5 Å². The predicted octanol–water partition coefficient (Wildman–Crippen LogP) is 4.32. The Morgan fingerprint density at radius 2 is 1.86 bits per heavy atom. The van der Waals surface area contributed by atoms with Crippen LogP contribution in [0.3, 0.4) is 0 Å². The molecule has 0 aliphatic carbocycles. The van der Waals surface area contributed by atoms with Crippen LogP contribution in [0.5, 0.6) is 5.75 Å². The average Bonchev–Trinajstić information content (AvgIpc) is 2.97. The molecular weight excluding hydrogens is 560 g/mol. The van der Waals surface area contributed by atoms with Gasteiger partial charge in [-0.05, 0) is 54.8 Å². The Morgan fingerprint density at radius 1 is 1.07 bits per heavy atom. The van der Waals surface area contributed by atoms with Gasteiger partial charge in [0.25, 0.3) is 5.56 Å². The zero-order valence-corrected chi connectivity index (χ0v) is 23.1. The van der Waals surface area contributed by atoms with Crippen LogP contribution in [0.2, 0.25) is 5.02 Å². The van der Waals surface area contributed by atoms with Crippen molar-refractivity contribution in [3.8, 4) is 5.75 Å². The maximum absolute atomic E-state index is 14.5. The number of pyridine rings is 1. The van der Waals surface area contributed by atoms with E-state index in [4.69, 9.17) is 22.1 Å². The molecule has 6 rings (SSSR count). The van der Waals surface area contributed by atoms with Gasteiger partial charge in [0, 0.05) is 40.6 Å². The Bertz CT molecular complexity index is 1810. The Kier molecular flexibility index (Phi) is 6.86. The lowest BCUT2D eigenvalue weighted by Crippen LogP contribution is -2.54. The number of nitrogens with two attached hydrogens (primary N) is 1. The number of carbonyl (C=O) groups is 3. The summed E-state index contributed by atoms with van der Waals surface area (Å²) in [5, 5.41) is 14.0. The molecule has 4 N–H and O–H groups in total. The summed E-state index contributed by atoms with van der Waals surface area (Å²) >= 11 is 6.32. The largest absolute Gasteiger partial charge is 0.507 e. The molecule has 4 aromatic rings. The molecular formula is C31H27ClN4O6. The first kappa shape index (κ1) is 27.3. The lowest BCUT2D eigenvalue weighted by atomic mass is 9.83. The van der Waals surface area contributed by atoms with Crippen molar-refractivity contribution < 1.29 is 24.2 Å². The van der Waals surface area contributed by atoms with Crippen molar-refractivity contribution in [2.45, 2.75) is 30.9 Å². The Hall–Kier alpha value is -4.83. The van der Waals surface area contributed by atoms with Crippen LogP contribution in [-0.2, 0) is 21.6 Å². The Morgan fingerprint density at radius 3 is 2.62 bits per heavy atom. The van der Waals surface area contributed by atoms with Crippen molar-refractivity contribution in [1.29, 1.82) is 0 Å². The molecule has 11 heteroatoms. The fraction of sp³-hybridized carbons (Fsp3) is 0.226. The quantitative estimate of drug-likeness (QED) is 0.318. The molecule has 0 bridgehead atoms. The topological polar surface area (TPSA) is 144 Å². The molecule has 3 heterocycles. The molecule has 0 saturated carbocycles. The number of ether oxygens (including phenoxy) is 1. The predicted molar refractivity (Wildman–Crippen MR) is 157 cm³/mol. The molecule has 10 nitrogen and oxygen atoms in total. The molecule has 0 unspecified atom stereocenters. The monoisotopic (exact) mass is 586 g/mol. The minimum absolute atomic E-state index is 0.0508. The summed E-state index contributed by atoms with van der Waals surface area (Å²) in [6.07, 6.45) is 0.526. The van der Waals surface area contributed by atoms with Crippen molar-refractivity contribution in [3.05, 3.63) is 105 Å². The molecule has 0 radical (unpaired) electrons. The lowest BCUT2D eigenvalue weighted by Gasteiger charge is -2.45. The molecule has 2 aliphatic rings. The summed E-state index contributed by atoms with van der Waals surface area (Å²) in [6.45, 7) is 0.416.